The molecule has 4 rings (SSSR count). The highest BCUT2D eigenvalue weighted by atomic mass is 35.5. The molecule has 6 nitrogen and oxygen atoms in total. The molecule has 0 spiro atoms. The zero-order valence-electron chi connectivity index (χ0n) is 22.7. The minimum absolute atomic E-state index is 0.0815. The molecule has 0 bridgehead atoms. The second-order valence-electron chi connectivity index (χ2n) is 10.0. The lowest BCUT2D eigenvalue weighted by molar-refractivity contribution is -0.138. The fourth-order valence-corrected chi connectivity index (χ4v) is 5.69. The highest BCUT2D eigenvalue weighted by molar-refractivity contribution is 7.91. The van der Waals surface area contributed by atoms with Gasteiger partial charge in [0.1, 0.15) is 5.75 Å². The Morgan fingerprint density at radius 2 is 1.79 bits per heavy atom. The minimum Gasteiger partial charge on any atom is -0.611 e. The van der Waals surface area contributed by atoms with Crippen LogP contribution in [0.5, 0.6) is 0 Å². The largest absolute Gasteiger partial charge is 0.611 e. The lowest BCUT2D eigenvalue weighted by atomic mass is 9.96. The van der Waals surface area contributed by atoms with Crippen LogP contribution in [0.3, 0.4) is 0 Å². The molecule has 0 fully saturated rings. The standard InChI is InChI=1S/C29H28BClF4N2O4S/c1-2-42(41)23-8-4-17(5-9-23)25(15-38)36-27(39)19-6-10-26-20(11-19)13-22(37(26)16-28(30,32)40)12-18-3-7-21(31)14-24(18)29(33,34)35/h3-11,13-14,25,38,40H,2,12,15-16,30H2,1H3,(H,36,39). The average molecular weight is 623 g/mol. The maximum Gasteiger partial charge on any atom is 0.416 e. The third-order valence-electron chi connectivity index (χ3n) is 6.74. The van der Waals surface area contributed by atoms with E-state index in [9.17, 15) is 37.1 Å². The first kappa shape index (κ1) is 31.9. The minimum atomic E-state index is -4.68. The summed E-state index contributed by atoms with van der Waals surface area (Å²) in [6, 6.07) is 15.4. The molecule has 0 saturated carbocycles. The first-order valence-electron chi connectivity index (χ1n) is 13.0. The van der Waals surface area contributed by atoms with Crippen LogP contribution in [-0.4, -0.2) is 51.2 Å². The van der Waals surface area contributed by atoms with E-state index in [0.29, 0.717) is 27.1 Å². The topological polar surface area (TPSA) is 97.6 Å². The van der Waals surface area contributed by atoms with Crippen molar-refractivity contribution < 1.29 is 37.1 Å². The number of hydrogen-bond donors (Lipinski definition) is 3. The molecule has 1 heterocycles. The fraction of sp³-hybridized carbons (Fsp3) is 0.276. The van der Waals surface area contributed by atoms with Crippen molar-refractivity contribution in [2.75, 3.05) is 12.4 Å². The number of carbonyl (C=O) groups is 1. The second-order valence-corrected chi connectivity index (χ2v) is 12.2. The molecule has 13 heteroatoms. The maximum absolute atomic E-state index is 14.4. The van der Waals surface area contributed by atoms with Gasteiger partial charge in [0.05, 0.1) is 24.8 Å². The van der Waals surface area contributed by atoms with Crippen LogP contribution in [0.2, 0.25) is 5.02 Å². The molecular formula is C29H28BClF4N2O4S. The van der Waals surface area contributed by atoms with E-state index in [2.05, 4.69) is 5.32 Å². The molecule has 1 amide bonds. The van der Waals surface area contributed by atoms with Gasteiger partial charge in [0.2, 0.25) is 0 Å². The number of aliphatic hydroxyl groups is 2. The number of rotatable bonds is 10. The number of carbonyl (C=O) groups excluding carboxylic acids is 1. The molecule has 0 aliphatic heterocycles. The summed E-state index contributed by atoms with van der Waals surface area (Å²) in [4.78, 5) is 13.8. The molecule has 3 atom stereocenters. The number of alkyl halides is 4. The molecule has 0 radical (unpaired) electrons. The van der Waals surface area contributed by atoms with Gasteiger partial charge in [-0.3, -0.25) is 4.79 Å². The Bertz CT molecular complexity index is 1580. The third-order valence-corrected chi connectivity index (χ3v) is 8.30. The van der Waals surface area contributed by atoms with E-state index in [1.54, 1.807) is 37.3 Å². The fourth-order valence-electron chi connectivity index (χ4n) is 4.75. The molecule has 3 unspecified atom stereocenters. The van der Waals surface area contributed by atoms with Crippen molar-refractivity contribution >= 4 is 47.4 Å². The summed E-state index contributed by atoms with van der Waals surface area (Å²) in [6.07, 6.45) is -4.92. The first-order chi connectivity index (χ1) is 19.7. The smallest absolute Gasteiger partial charge is 0.416 e. The first-order valence-corrected chi connectivity index (χ1v) is 14.7. The van der Waals surface area contributed by atoms with Crippen LogP contribution >= 0.6 is 11.6 Å². The van der Waals surface area contributed by atoms with Crippen LogP contribution in [0, 0.1) is 0 Å². The van der Waals surface area contributed by atoms with Crippen LogP contribution < -0.4 is 5.32 Å². The Morgan fingerprint density at radius 3 is 2.38 bits per heavy atom. The lowest BCUT2D eigenvalue weighted by Gasteiger charge is -2.19. The van der Waals surface area contributed by atoms with Crippen molar-refractivity contribution in [3.05, 3.63) is 99.7 Å². The summed E-state index contributed by atoms with van der Waals surface area (Å²) in [5, 5.41) is 22.9. The predicted octanol–water partition coefficient (Wildman–Crippen LogP) is 4.74. The Labute approximate surface area is 248 Å². The molecule has 222 valence electrons. The Morgan fingerprint density at radius 1 is 1.10 bits per heavy atom. The van der Waals surface area contributed by atoms with Crippen LogP contribution in [0.25, 0.3) is 10.9 Å². The van der Waals surface area contributed by atoms with E-state index in [1.807, 2.05) is 0 Å². The Kier molecular flexibility index (Phi) is 9.63. The average Bonchev–Trinajstić information content (AvgIpc) is 3.26. The number of aromatic nitrogens is 1. The normalized spacial score (nSPS) is 14.9. The highest BCUT2D eigenvalue weighted by Gasteiger charge is 2.34. The van der Waals surface area contributed by atoms with Crippen molar-refractivity contribution in [1.82, 2.24) is 9.88 Å². The van der Waals surface area contributed by atoms with Gasteiger partial charge in [-0.05, 0) is 77.8 Å². The SMILES string of the molecule is BC(O)(F)Cn1c(Cc2ccc(Cl)cc2C(F)(F)F)cc2cc(C(=O)NC(CO)c3ccc([S+]([O-])CC)cc3)ccc21. The van der Waals surface area contributed by atoms with Gasteiger partial charge in [0.15, 0.2) is 18.5 Å². The number of fused-ring (bicyclic) bond motifs is 1. The number of amides is 1. The van der Waals surface area contributed by atoms with E-state index < -0.39 is 53.8 Å². The van der Waals surface area contributed by atoms with Crippen LogP contribution in [0.15, 0.2) is 71.6 Å². The number of hydrogen-bond acceptors (Lipinski definition) is 4. The zero-order valence-corrected chi connectivity index (χ0v) is 24.3. The van der Waals surface area contributed by atoms with E-state index >= 15 is 0 Å². The number of halogens is 5. The van der Waals surface area contributed by atoms with Crippen LogP contribution in [0.4, 0.5) is 17.6 Å². The van der Waals surface area contributed by atoms with Crippen molar-refractivity contribution in [2.45, 2.75) is 42.8 Å². The molecule has 0 aliphatic rings. The summed E-state index contributed by atoms with van der Waals surface area (Å²) in [5.41, 5.74) is 0.467. The van der Waals surface area contributed by atoms with Crippen molar-refractivity contribution in [3.8, 4) is 0 Å². The molecule has 3 aromatic carbocycles. The maximum atomic E-state index is 14.4. The molecule has 42 heavy (non-hydrogen) atoms. The second kappa shape index (κ2) is 12.7. The molecule has 3 N–H and O–H groups in total. The number of aliphatic hydroxyl groups excluding tert-OH is 1. The van der Waals surface area contributed by atoms with Crippen molar-refractivity contribution in [2.24, 2.45) is 0 Å². The van der Waals surface area contributed by atoms with Gasteiger partial charge < -0.3 is 24.6 Å². The van der Waals surface area contributed by atoms with Gasteiger partial charge in [-0.2, -0.15) is 13.2 Å². The van der Waals surface area contributed by atoms with Crippen LogP contribution in [-0.2, 0) is 30.3 Å². The number of nitrogens with one attached hydrogen (secondary N) is 1. The third kappa shape index (κ3) is 7.48. The van der Waals surface area contributed by atoms with Gasteiger partial charge in [0, 0.05) is 33.6 Å². The van der Waals surface area contributed by atoms with Gasteiger partial charge in [-0.15, -0.1) is 0 Å². The quantitative estimate of drug-likeness (QED) is 0.135. The predicted molar refractivity (Wildman–Crippen MR) is 156 cm³/mol. The summed E-state index contributed by atoms with van der Waals surface area (Å²) < 4.78 is 69.0. The summed E-state index contributed by atoms with van der Waals surface area (Å²) in [5.74, 6) is -2.74. The summed E-state index contributed by atoms with van der Waals surface area (Å²) in [6.45, 7) is 0.836. The monoisotopic (exact) mass is 622 g/mol. The Balaban J connectivity index is 1.66. The number of nitrogens with zero attached hydrogens (tertiary/aromatic N) is 1. The van der Waals surface area contributed by atoms with E-state index in [1.165, 1.54) is 34.9 Å². The Hall–Kier alpha value is -3.03. The number of benzene rings is 3. The zero-order chi connectivity index (χ0) is 30.8. The molecule has 0 aliphatic carbocycles. The van der Waals surface area contributed by atoms with E-state index in [4.69, 9.17) is 11.6 Å². The molecule has 4 aromatic rings. The summed E-state index contributed by atoms with van der Waals surface area (Å²) in [7, 11) is 0.940. The van der Waals surface area contributed by atoms with Gasteiger partial charge in [0.25, 0.3) is 5.91 Å². The van der Waals surface area contributed by atoms with Crippen molar-refractivity contribution in [1.29, 1.82) is 0 Å². The van der Waals surface area contributed by atoms with E-state index in [-0.39, 0.29) is 28.3 Å². The van der Waals surface area contributed by atoms with Crippen LogP contribution in [0.1, 0.15) is 45.7 Å². The molecular weight excluding hydrogens is 595 g/mol. The lowest BCUT2D eigenvalue weighted by Crippen LogP contribution is -2.31. The van der Waals surface area contributed by atoms with Gasteiger partial charge in [-0.1, -0.05) is 29.8 Å². The molecule has 1 aromatic heterocycles. The van der Waals surface area contributed by atoms with Crippen molar-refractivity contribution in [3.63, 3.8) is 0 Å². The van der Waals surface area contributed by atoms with E-state index in [0.717, 1.165) is 13.9 Å². The summed E-state index contributed by atoms with van der Waals surface area (Å²) >= 11 is 4.67. The molecule has 0 saturated heterocycles. The van der Waals surface area contributed by atoms with Gasteiger partial charge in [-0.25, -0.2) is 4.39 Å². The highest BCUT2D eigenvalue weighted by Crippen LogP contribution is 2.36. The van der Waals surface area contributed by atoms with Gasteiger partial charge >= 0.3 is 6.18 Å².